The van der Waals surface area contributed by atoms with E-state index in [1.54, 1.807) is 0 Å². The van der Waals surface area contributed by atoms with Crippen molar-refractivity contribution in [1.82, 2.24) is 5.32 Å². The van der Waals surface area contributed by atoms with E-state index in [4.69, 9.17) is 0 Å². The molecule has 0 aromatic heterocycles. The summed E-state index contributed by atoms with van der Waals surface area (Å²) in [6.07, 6.45) is 11.7. The first kappa shape index (κ1) is 10.5. The third kappa shape index (κ3) is 2.73. The normalized spacial score (nSPS) is 34.9. The van der Waals surface area contributed by atoms with Crippen LogP contribution in [0.4, 0.5) is 0 Å². The zero-order chi connectivity index (χ0) is 9.80. The van der Waals surface area contributed by atoms with Crippen molar-refractivity contribution in [2.75, 3.05) is 6.54 Å². The number of hydrogen-bond donors (Lipinski definition) is 1. The molecule has 14 heavy (non-hydrogen) atoms. The first-order chi connectivity index (χ1) is 6.86. The molecular formula is C13H25N. The average molecular weight is 195 g/mol. The van der Waals surface area contributed by atoms with Crippen molar-refractivity contribution in [3.8, 4) is 0 Å². The summed E-state index contributed by atoms with van der Waals surface area (Å²) >= 11 is 0. The van der Waals surface area contributed by atoms with Gasteiger partial charge in [-0.25, -0.2) is 0 Å². The predicted octanol–water partition coefficient (Wildman–Crippen LogP) is 3.34. The third-order valence-electron chi connectivity index (χ3n) is 4.25. The second-order valence-corrected chi connectivity index (χ2v) is 5.43. The fraction of sp³-hybridized carbons (Fsp3) is 1.00. The number of hydrogen-bond acceptors (Lipinski definition) is 1. The molecule has 2 aliphatic carbocycles. The highest BCUT2D eigenvalue weighted by molar-refractivity contribution is 4.80. The zero-order valence-corrected chi connectivity index (χ0v) is 9.60. The van der Waals surface area contributed by atoms with Crippen LogP contribution in [0.25, 0.3) is 0 Å². The van der Waals surface area contributed by atoms with Crippen LogP contribution in [0.3, 0.4) is 0 Å². The molecule has 2 aliphatic rings. The van der Waals surface area contributed by atoms with Crippen LogP contribution in [0.15, 0.2) is 0 Å². The van der Waals surface area contributed by atoms with E-state index < -0.39 is 0 Å². The summed E-state index contributed by atoms with van der Waals surface area (Å²) in [5, 5.41) is 3.81. The maximum Gasteiger partial charge on any atom is 0.00928 e. The Morgan fingerprint density at radius 2 is 1.57 bits per heavy atom. The minimum absolute atomic E-state index is 0.837. The van der Waals surface area contributed by atoms with Gasteiger partial charge in [0.25, 0.3) is 0 Å². The Labute approximate surface area is 88.7 Å². The highest BCUT2D eigenvalue weighted by Crippen LogP contribution is 2.26. The summed E-state index contributed by atoms with van der Waals surface area (Å²) in [5.74, 6) is 1.93. The zero-order valence-electron chi connectivity index (χ0n) is 9.60. The van der Waals surface area contributed by atoms with Crippen LogP contribution in [-0.2, 0) is 0 Å². The lowest BCUT2D eigenvalue weighted by molar-refractivity contribution is 0.268. The Morgan fingerprint density at radius 3 is 2.29 bits per heavy atom. The SMILES string of the molecule is CC1CCCCC1NCC1CCCC1. The van der Waals surface area contributed by atoms with E-state index >= 15 is 0 Å². The Morgan fingerprint density at radius 1 is 0.929 bits per heavy atom. The van der Waals surface area contributed by atoms with Gasteiger partial charge in [-0.15, -0.1) is 0 Å². The van der Waals surface area contributed by atoms with Crippen molar-refractivity contribution in [3.05, 3.63) is 0 Å². The highest BCUT2D eigenvalue weighted by Gasteiger charge is 2.22. The molecule has 0 bridgehead atoms. The number of nitrogens with one attached hydrogen (secondary N) is 1. The van der Waals surface area contributed by atoms with E-state index in [0.29, 0.717) is 0 Å². The molecule has 0 radical (unpaired) electrons. The summed E-state index contributed by atoms with van der Waals surface area (Å²) in [5.41, 5.74) is 0. The largest absolute Gasteiger partial charge is 0.313 e. The molecule has 0 aromatic carbocycles. The fourth-order valence-corrected chi connectivity index (χ4v) is 3.15. The molecule has 1 nitrogen and oxygen atoms in total. The first-order valence-corrected chi connectivity index (χ1v) is 6.59. The highest BCUT2D eigenvalue weighted by atomic mass is 14.9. The Kier molecular flexibility index (Phi) is 3.86. The van der Waals surface area contributed by atoms with E-state index in [1.807, 2.05) is 0 Å². The van der Waals surface area contributed by atoms with Crippen LogP contribution < -0.4 is 5.32 Å². The average Bonchev–Trinajstić information content (AvgIpc) is 2.69. The van der Waals surface area contributed by atoms with Gasteiger partial charge in [0, 0.05) is 6.04 Å². The molecule has 0 heterocycles. The predicted molar refractivity (Wildman–Crippen MR) is 61.4 cm³/mol. The van der Waals surface area contributed by atoms with Gasteiger partial charge in [0.2, 0.25) is 0 Å². The van der Waals surface area contributed by atoms with Crippen LogP contribution in [0.1, 0.15) is 58.3 Å². The summed E-state index contributed by atoms with van der Waals surface area (Å²) in [7, 11) is 0. The van der Waals surface area contributed by atoms with E-state index in [9.17, 15) is 0 Å². The summed E-state index contributed by atoms with van der Waals surface area (Å²) in [4.78, 5) is 0. The molecular weight excluding hydrogens is 170 g/mol. The molecule has 1 N–H and O–H groups in total. The van der Waals surface area contributed by atoms with Crippen molar-refractivity contribution >= 4 is 0 Å². The Hall–Kier alpha value is -0.0400. The summed E-state index contributed by atoms with van der Waals surface area (Å²) in [6, 6.07) is 0.837. The first-order valence-electron chi connectivity index (χ1n) is 6.59. The van der Waals surface area contributed by atoms with E-state index in [2.05, 4.69) is 12.2 Å². The Bertz CT molecular complexity index is 161. The van der Waals surface area contributed by atoms with Gasteiger partial charge in [0.1, 0.15) is 0 Å². The molecule has 0 aliphatic heterocycles. The molecule has 0 amide bonds. The minimum atomic E-state index is 0.837. The van der Waals surface area contributed by atoms with Gasteiger partial charge in [-0.05, 0) is 44.1 Å². The van der Waals surface area contributed by atoms with Crippen molar-refractivity contribution in [2.24, 2.45) is 11.8 Å². The van der Waals surface area contributed by atoms with Gasteiger partial charge in [-0.2, -0.15) is 0 Å². The van der Waals surface area contributed by atoms with Crippen LogP contribution in [0.5, 0.6) is 0 Å². The second-order valence-electron chi connectivity index (χ2n) is 5.43. The quantitative estimate of drug-likeness (QED) is 0.728. The summed E-state index contributed by atoms with van der Waals surface area (Å²) in [6.45, 7) is 3.72. The molecule has 2 atom stereocenters. The molecule has 0 spiro atoms. The van der Waals surface area contributed by atoms with Gasteiger partial charge in [0.05, 0.1) is 0 Å². The van der Waals surface area contributed by atoms with Gasteiger partial charge in [-0.3, -0.25) is 0 Å². The van der Waals surface area contributed by atoms with Crippen molar-refractivity contribution in [3.63, 3.8) is 0 Å². The van der Waals surface area contributed by atoms with Crippen LogP contribution in [-0.4, -0.2) is 12.6 Å². The Balaban J connectivity index is 1.67. The van der Waals surface area contributed by atoms with Crippen molar-refractivity contribution in [1.29, 1.82) is 0 Å². The number of rotatable bonds is 3. The van der Waals surface area contributed by atoms with Crippen LogP contribution >= 0.6 is 0 Å². The fourth-order valence-electron chi connectivity index (χ4n) is 3.15. The van der Waals surface area contributed by atoms with Crippen molar-refractivity contribution in [2.45, 2.75) is 64.3 Å². The maximum absolute atomic E-state index is 3.81. The monoisotopic (exact) mass is 195 g/mol. The molecule has 2 rings (SSSR count). The summed E-state index contributed by atoms with van der Waals surface area (Å²) < 4.78 is 0. The molecule has 82 valence electrons. The van der Waals surface area contributed by atoms with Crippen LogP contribution in [0.2, 0.25) is 0 Å². The van der Waals surface area contributed by atoms with Gasteiger partial charge in [0.15, 0.2) is 0 Å². The van der Waals surface area contributed by atoms with Gasteiger partial charge >= 0.3 is 0 Å². The lowest BCUT2D eigenvalue weighted by atomic mass is 9.85. The lowest BCUT2D eigenvalue weighted by Crippen LogP contribution is -2.39. The van der Waals surface area contributed by atoms with Gasteiger partial charge < -0.3 is 5.32 Å². The van der Waals surface area contributed by atoms with E-state index in [-0.39, 0.29) is 0 Å². The smallest absolute Gasteiger partial charge is 0.00928 e. The molecule has 2 unspecified atom stereocenters. The van der Waals surface area contributed by atoms with E-state index in [1.165, 1.54) is 57.9 Å². The van der Waals surface area contributed by atoms with Crippen LogP contribution in [0, 0.1) is 11.8 Å². The minimum Gasteiger partial charge on any atom is -0.313 e. The topological polar surface area (TPSA) is 12.0 Å². The molecule has 2 saturated carbocycles. The lowest BCUT2D eigenvalue weighted by Gasteiger charge is -2.30. The molecule has 2 fully saturated rings. The molecule has 1 heteroatoms. The maximum atomic E-state index is 3.81. The standard InChI is InChI=1S/C13H25N/c1-11-6-2-5-9-13(11)14-10-12-7-3-4-8-12/h11-14H,2-10H2,1H3. The third-order valence-corrected chi connectivity index (χ3v) is 4.25. The van der Waals surface area contributed by atoms with E-state index in [0.717, 1.165) is 17.9 Å². The van der Waals surface area contributed by atoms with Gasteiger partial charge in [-0.1, -0.05) is 32.6 Å². The molecule has 0 aromatic rings. The van der Waals surface area contributed by atoms with Crippen molar-refractivity contribution < 1.29 is 0 Å². The second kappa shape index (κ2) is 5.16. The molecule has 0 saturated heterocycles.